The zero-order chi connectivity index (χ0) is 22.7. The molecule has 1 atom stereocenters. The van der Waals surface area contributed by atoms with Gasteiger partial charge in [-0.3, -0.25) is 14.4 Å². The van der Waals surface area contributed by atoms with Crippen molar-refractivity contribution in [1.29, 1.82) is 0 Å². The normalized spacial score (nSPS) is 15.7. The van der Waals surface area contributed by atoms with E-state index in [1.807, 2.05) is 37.3 Å². The summed E-state index contributed by atoms with van der Waals surface area (Å²) in [4.78, 5) is 42.4. The fourth-order valence-electron chi connectivity index (χ4n) is 3.84. The van der Waals surface area contributed by atoms with Crippen molar-refractivity contribution in [2.24, 2.45) is 0 Å². The van der Waals surface area contributed by atoms with Crippen LogP contribution in [0.15, 0.2) is 78.9 Å². The van der Waals surface area contributed by atoms with Crippen molar-refractivity contribution in [3.63, 3.8) is 0 Å². The molecule has 3 amide bonds. The highest BCUT2D eigenvalue weighted by Crippen LogP contribution is 2.28. The molecule has 162 valence electrons. The van der Waals surface area contributed by atoms with Crippen LogP contribution in [0.5, 0.6) is 5.75 Å². The van der Waals surface area contributed by atoms with Gasteiger partial charge in [0.15, 0.2) is 0 Å². The van der Waals surface area contributed by atoms with Crippen molar-refractivity contribution in [3.8, 4) is 5.75 Å². The monoisotopic (exact) mass is 428 g/mol. The average Bonchev–Trinajstić information content (AvgIpc) is 3.12. The van der Waals surface area contributed by atoms with E-state index in [2.05, 4.69) is 0 Å². The molecule has 6 heteroatoms. The highest BCUT2D eigenvalue weighted by molar-refractivity contribution is 6.23. The lowest BCUT2D eigenvalue weighted by Crippen LogP contribution is -2.45. The molecular weight excluding hydrogens is 404 g/mol. The van der Waals surface area contributed by atoms with E-state index in [1.54, 1.807) is 48.5 Å². The molecule has 0 spiro atoms. The molecular formula is C26H24N2O4. The van der Waals surface area contributed by atoms with Crippen LogP contribution < -0.4 is 9.64 Å². The van der Waals surface area contributed by atoms with E-state index in [4.69, 9.17) is 4.74 Å². The fourth-order valence-corrected chi connectivity index (χ4v) is 3.84. The molecule has 4 rings (SSSR count). The Bertz CT molecular complexity index is 1140. The minimum Gasteiger partial charge on any atom is -0.497 e. The Morgan fingerprint density at radius 1 is 1.00 bits per heavy atom. The maximum absolute atomic E-state index is 13.6. The molecule has 0 radical (unpaired) electrons. The van der Waals surface area contributed by atoms with Crippen LogP contribution in [0.3, 0.4) is 0 Å². The van der Waals surface area contributed by atoms with E-state index in [9.17, 15) is 14.4 Å². The average molecular weight is 428 g/mol. The number of hydrogen-bond donors (Lipinski definition) is 0. The molecule has 1 fully saturated rings. The maximum atomic E-state index is 13.6. The Morgan fingerprint density at radius 2 is 1.72 bits per heavy atom. The van der Waals surface area contributed by atoms with Gasteiger partial charge in [0.25, 0.3) is 11.8 Å². The topological polar surface area (TPSA) is 66.9 Å². The zero-order valence-corrected chi connectivity index (χ0v) is 18.0. The number of ether oxygens (including phenoxy) is 1. The Balaban J connectivity index is 1.70. The van der Waals surface area contributed by atoms with Crippen LogP contribution in [0.1, 0.15) is 27.9 Å². The summed E-state index contributed by atoms with van der Waals surface area (Å²) >= 11 is 0. The Morgan fingerprint density at radius 3 is 2.41 bits per heavy atom. The van der Waals surface area contributed by atoms with E-state index >= 15 is 0 Å². The first-order chi connectivity index (χ1) is 15.5. The fraction of sp³-hybridized carbons (Fsp3) is 0.192. The Labute approximate surface area is 187 Å². The molecule has 1 unspecified atom stereocenters. The van der Waals surface area contributed by atoms with Crippen LogP contribution in [0.4, 0.5) is 5.69 Å². The summed E-state index contributed by atoms with van der Waals surface area (Å²) in [7, 11) is 1.53. The van der Waals surface area contributed by atoms with Crippen molar-refractivity contribution < 1.29 is 19.1 Å². The Hall–Kier alpha value is -3.93. The number of carbonyl (C=O) groups excluding carboxylic acids is 3. The molecule has 6 nitrogen and oxygen atoms in total. The van der Waals surface area contributed by atoms with Gasteiger partial charge in [0.05, 0.1) is 19.2 Å². The zero-order valence-electron chi connectivity index (χ0n) is 18.0. The molecule has 1 heterocycles. The molecule has 3 aromatic rings. The largest absolute Gasteiger partial charge is 0.497 e. The molecule has 32 heavy (non-hydrogen) atoms. The number of aryl methyl sites for hydroxylation is 1. The van der Waals surface area contributed by atoms with Crippen LogP contribution >= 0.6 is 0 Å². The molecule has 1 aliphatic rings. The molecule has 0 N–H and O–H groups in total. The van der Waals surface area contributed by atoms with Crippen molar-refractivity contribution in [1.82, 2.24) is 4.90 Å². The summed E-state index contributed by atoms with van der Waals surface area (Å²) in [5.41, 5.74) is 2.89. The van der Waals surface area contributed by atoms with Gasteiger partial charge in [-0.15, -0.1) is 0 Å². The van der Waals surface area contributed by atoms with Crippen LogP contribution in [0.2, 0.25) is 0 Å². The number of anilines is 1. The van der Waals surface area contributed by atoms with Crippen LogP contribution in [0.25, 0.3) is 0 Å². The van der Waals surface area contributed by atoms with Gasteiger partial charge in [-0.1, -0.05) is 54.1 Å². The second-order valence-corrected chi connectivity index (χ2v) is 7.77. The van der Waals surface area contributed by atoms with Crippen molar-refractivity contribution in [3.05, 3.63) is 95.6 Å². The second-order valence-electron chi connectivity index (χ2n) is 7.77. The number of methoxy groups -OCH3 is 1. The highest BCUT2D eigenvalue weighted by atomic mass is 16.5. The molecule has 0 saturated carbocycles. The van der Waals surface area contributed by atoms with E-state index in [0.29, 0.717) is 17.0 Å². The summed E-state index contributed by atoms with van der Waals surface area (Å²) < 4.78 is 5.25. The number of amides is 3. The van der Waals surface area contributed by atoms with Gasteiger partial charge in [0, 0.05) is 12.1 Å². The van der Waals surface area contributed by atoms with Gasteiger partial charge in [-0.05, 0) is 42.8 Å². The predicted octanol–water partition coefficient (Wildman–Crippen LogP) is 3.98. The lowest BCUT2D eigenvalue weighted by atomic mass is 10.1. The first kappa shape index (κ1) is 21.3. The third-order valence-electron chi connectivity index (χ3n) is 5.56. The summed E-state index contributed by atoms with van der Waals surface area (Å²) in [6, 6.07) is 22.5. The van der Waals surface area contributed by atoms with E-state index in [-0.39, 0.29) is 24.8 Å². The van der Waals surface area contributed by atoms with E-state index < -0.39 is 11.9 Å². The quantitative estimate of drug-likeness (QED) is 0.557. The van der Waals surface area contributed by atoms with Gasteiger partial charge in [0.2, 0.25) is 5.91 Å². The molecule has 0 aromatic heterocycles. The summed E-state index contributed by atoms with van der Waals surface area (Å²) in [5.74, 6) is -0.500. The minimum absolute atomic E-state index is 0.0602. The standard InChI is InChI=1S/C26H24N2O4/c1-18-11-13-19(14-12-18)17-27(25(30)20-7-6-10-22(15-20)32-2)23-16-24(29)28(26(23)31)21-8-4-3-5-9-21/h3-15,23H,16-17H2,1-2H3. The van der Waals surface area contributed by atoms with Gasteiger partial charge >= 0.3 is 0 Å². The van der Waals surface area contributed by atoms with Crippen LogP contribution in [0, 0.1) is 6.92 Å². The first-order valence-corrected chi connectivity index (χ1v) is 10.4. The summed E-state index contributed by atoms with van der Waals surface area (Å²) in [6.07, 6.45) is -0.0602. The van der Waals surface area contributed by atoms with Gasteiger partial charge in [0.1, 0.15) is 11.8 Å². The van der Waals surface area contributed by atoms with Crippen LogP contribution in [-0.2, 0) is 16.1 Å². The predicted molar refractivity (Wildman–Crippen MR) is 121 cm³/mol. The number of hydrogen-bond acceptors (Lipinski definition) is 4. The number of benzene rings is 3. The van der Waals surface area contributed by atoms with Crippen molar-refractivity contribution in [2.45, 2.75) is 25.9 Å². The van der Waals surface area contributed by atoms with Crippen molar-refractivity contribution in [2.75, 3.05) is 12.0 Å². The molecule has 3 aromatic carbocycles. The summed E-state index contributed by atoms with van der Waals surface area (Å²) in [5, 5.41) is 0. The van der Waals surface area contributed by atoms with E-state index in [0.717, 1.165) is 11.1 Å². The lowest BCUT2D eigenvalue weighted by molar-refractivity contribution is -0.122. The number of imide groups is 1. The number of nitrogens with zero attached hydrogens (tertiary/aromatic N) is 2. The SMILES string of the molecule is COc1cccc(C(=O)N(Cc2ccc(C)cc2)C2CC(=O)N(c3ccccc3)C2=O)c1. The second kappa shape index (κ2) is 9.06. The smallest absolute Gasteiger partial charge is 0.257 e. The molecule has 0 bridgehead atoms. The van der Waals surface area contributed by atoms with E-state index in [1.165, 1.54) is 16.9 Å². The Kier molecular flexibility index (Phi) is 6.03. The third kappa shape index (κ3) is 4.25. The molecule has 1 saturated heterocycles. The van der Waals surface area contributed by atoms with Gasteiger partial charge in [-0.25, -0.2) is 4.90 Å². The number of rotatable bonds is 6. The van der Waals surface area contributed by atoms with Gasteiger partial charge < -0.3 is 9.64 Å². The van der Waals surface area contributed by atoms with Crippen molar-refractivity contribution >= 4 is 23.4 Å². The number of para-hydroxylation sites is 1. The highest BCUT2D eigenvalue weighted by Gasteiger charge is 2.44. The summed E-state index contributed by atoms with van der Waals surface area (Å²) in [6.45, 7) is 2.20. The molecule has 0 aliphatic carbocycles. The minimum atomic E-state index is -0.886. The number of carbonyl (C=O) groups is 3. The first-order valence-electron chi connectivity index (χ1n) is 10.4. The van der Waals surface area contributed by atoms with Gasteiger partial charge in [-0.2, -0.15) is 0 Å². The molecule has 1 aliphatic heterocycles. The third-order valence-corrected chi connectivity index (χ3v) is 5.56. The van der Waals surface area contributed by atoms with Crippen LogP contribution in [-0.4, -0.2) is 35.8 Å². The maximum Gasteiger partial charge on any atom is 0.257 e. The lowest BCUT2D eigenvalue weighted by Gasteiger charge is -2.28.